The quantitative estimate of drug-likeness (QED) is 0.0230. The number of aromatic nitrogens is 1. The van der Waals surface area contributed by atoms with Gasteiger partial charge in [-0.1, -0.05) is 95.6 Å². The van der Waals surface area contributed by atoms with Gasteiger partial charge in [0, 0.05) is 88.4 Å². The highest BCUT2D eigenvalue weighted by molar-refractivity contribution is 5.96. The second-order valence-corrected chi connectivity index (χ2v) is 23.8. The number of benzene rings is 3. The Bertz CT molecular complexity index is 2470. The molecule has 4 bridgehead atoms. The number of unbranched alkanes of at least 4 members (excludes halogenated alkanes) is 12. The number of carboxylic acids is 1. The van der Waals surface area contributed by atoms with Crippen LogP contribution < -0.4 is 9.64 Å². The number of hydrogen-bond acceptors (Lipinski definition) is 11. The largest absolute Gasteiger partial charge is 0.481 e. The monoisotopic (exact) mass is 1080 g/mol. The minimum Gasteiger partial charge on any atom is -0.481 e. The summed E-state index contributed by atoms with van der Waals surface area (Å²) in [6.07, 6.45) is 27.5. The van der Waals surface area contributed by atoms with Gasteiger partial charge < -0.3 is 24.2 Å². The molecule has 4 aliphatic carbocycles. The normalized spacial score (nSPS) is 21.8. The van der Waals surface area contributed by atoms with Crippen LogP contribution in [0.3, 0.4) is 0 Å². The molecule has 4 aromatic rings. The molecule has 6 aliphatic rings. The number of ketones is 2. The lowest BCUT2D eigenvalue weighted by atomic mass is 9.49. The first kappa shape index (κ1) is 59.1. The van der Waals surface area contributed by atoms with Crippen molar-refractivity contribution in [2.45, 2.75) is 173 Å². The third-order valence-corrected chi connectivity index (χ3v) is 17.9. The highest BCUT2D eigenvalue weighted by Crippen LogP contribution is 2.60. The van der Waals surface area contributed by atoms with E-state index in [0.717, 1.165) is 139 Å². The number of aliphatic carboxylic acids is 1. The molecule has 426 valence electrons. The van der Waals surface area contributed by atoms with E-state index in [9.17, 15) is 33.1 Å². The lowest BCUT2D eigenvalue weighted by Gasteiger charge is -2.54. The maximum Gasteiger partial charge on any atom is 0.312 e. The first-order valence-electron chi connectivity index (χ1n) is 30.3. The summed E-state index contributed by atoms with van der Waals surface area (Å²) in [4.78, 5) is 59.5. The van der Waals surface area contributed by atoms with Crippen molar-refractivity contribution >= 4 is 40.3 Å². The third kappa shape index (κ3) is 17.5. The second-order valence-electron chi connectivity index (χ2n) is 23.8. The smallest absolute Gasteiger partial charge is 0.312 e. The summed E-state index contributed by atoms with van der Waals surface area (Å²) in [6, 6.07) is 17.1. The number of carboxylic acid groups (broad SMARTS) is 1. The summed E-state index contributed by atoms with van der Waals surface area (Å²) in [7, 11) is 0. The average molecular weight is 1080 g/mol. The fraction of sp³-hybridized carbons (Fsp3) is 0.641. The Morgan fingerprint density at radius 2 is 1.10 bits per heavy atom. The molecule has 2 saturated heterocycles. The van der Waals surface area contributed by atoms with Crippen LogP contribution in [0.5, 0.6) is 5.75 Å². The number of rotatable bonds is 30. The van der Waals surface area contributed by atoms with Crippen LogP contribution in [-0.4, -0.2) is 120 Å². The summed E-state index contributed by atoms with van der Waals surface area (Å²) in [5.74, 6) is 2.13. The number of carbonyl (C=O) groups excluding carboxylic acids is 3. The van der Waals surface area contributed by atoms with E-state index in [4.69, 9.17) is 9.26 Å². The minimum atomic E-state index is -0.508. The maximum absolute atomic E-state index is 13.6. The van der Waals surface area contributed by atoms with Crippen molar-refractivity contribution in [1.82, 2.24) is 19.9 Å². The zero-order valence-electron chi connectivity index (χ0n) is 46.8. The van der Waals surface area contributed by atoms with Crippen LogP contribution in [0.25, 0.3) is 11.0 Å². The first-order valence-corrected chi connectivity index (χ1v) is 30.3. The standard InChI is InChI=1S/C53H73F2N5O5.C11H16O2/c1-2-3-4-5-6-7-8-9-10-11-12-13-14-17-46(59-36-32-57(33-37-59)30-15-18-49(61)42-20-24-44(54)25-21-42)40-52(63)64-47-28-29-48-51(41-47)65-56-53(48)60-38-34-58(35-39-60)31-16-19-50(62)43-22-26-45(55)27-23-43;12-10(13)11-4-7-1-8(5-11)3-9(2-7)6-11/h20-29,41,46H,2-19,30-40H2,1H3;7-9H,1-6H2,(H,12,13). The first-order chi connectivity index (χ1) is 37.9. The Kier molecular flexibility index (Phi) is 22.7. The number of esters is 1. The molecule has 2 aliphatic heterocycles. The topological polar surface area (TPSA) is 137 Å². The van der Waals surface area contributed by atoms with Crippen molar-refractivity contribution in [3.63, 3.8) is 0 Å². The molecule has 1 unspecified atom stereocenters. The zero-order valence-corrected chi connectivity index (χ0v) is 46.8. The number of carbonyl (C=O) groups is 4. The van der Waals surface area contributed by atoms with Crippen molar-refractivity contribution in [3.05, 3.63) is 89.5 Å². The van der Waals surface area contributed by atoms with Gasteiger partial charge in [-0.25, -0.2) is 8.78 Å². The molecule has 78 heavy (non-hydrogen) atoms. The van der Waals surface area contributed by atoms with E-state index < -0.39 is 5.97 Å². The third-order valence-electron chi connectivity index (χ3n) is 17.9. The van der Waals surface area contributed by atoms with E-state index in [1.54, 1.807) is 30.3 Å². The molecular formula is C64H89F2N5O7. The van der Waals surface area contributed by atoms with Crippen molar-refractivity contribution in [2.75, 3.05) is 70.3 Å². The van der Waals surface area contributed by atoms with Gasteiger partial charge in [-0.2, -0.15) is 0 Å². The molecule has 10 rings (SSSR count). The Morgan fingerprint density at radius 1 is 0.628 bits per heavy atom. The van der Waals surface area contributed by atoms with Crippen LogP contribution in [0.4, 0.5) is 14.6 Å². The lowest BCUT2D eigenvalue weighted by Crippen LogP contribution is -2.51. The number of ether oxygens (including phenoxy) is 1. The van der Waals surface area contributed by atoms with Gasteiger partial charge in [0.25, 0.3) is 0 Å². The fourth-order valence-corrected chi connectivity index (χ4v) is 13.8. The number of nitrogens with zero attached hydrogens (tertiary/aromatic N) is 5. The van der Waals surface area contributed by atoms with Gasteiger partial charge in [-0.15, -0.1) is 0 Å². The van der Waals surface area contributed by atoms with Crippen molar-refractivity contribution in [2.24, 2.45) is 23.2 Å². The average Bonchev–Trinajstić information content (AvgIpc) is 3.95. The van der Waals surface area contributed by atoms with E-state index in [2.05, 4.69) is 31.7 Å². The molecule has 6 fully saturated rings. The number of hydrogen-bond donors (Lipinski definition) is 1. The van der Waals surface area contributed by atoms with Crippen LogP contribution in [0.15, 0.2) is 71.3 Å². The SMILES string of the molecule is CCCCCCCCCCCCCCCC(CC(=O)Oc1ccc2c(N3CCN(CCCC(=O)c4ccc(F)cc4)CC3)noc2c1)N1CCN(CCCC(=O)c2ccc(F)cc2)CC1.O=C(O)C12CC3CC(CC(C3)C1)C2. The molecule has 0 radical (unpaired) electrons. The Labute approximate surface area is 463 Å². The van der Waals surface area contributed by atoms with Crippen LogP contribution in [0, 0.1) is 34.8 Å². The molecule has 14 heteroatoms. The van der Waals surface area contributed by atoms with E-state index in [1.807, 2.05) is 12.1 Å². The van der Waals surface area contributed by atoms with E-state index >= 15 is 0 Å². The number of halogens is 2. The van der Waals surface area contributed by atoms with Gasteiger partial charge in [0.1, 0.15) is 17.4 Å². The van der Waals surface area contributed by atoms with Crippen LogP contribution in [0.2, 0.25) is 0 Å². The molecule has 1 atom stereocenters. The molecule has 12 nitrogen and oxygen atoms in total. The predicted octanol–water partition coefficient (Wildman–Crippen LogP) is 13.6. The molecule has 3 heterocycles. The van der Waals surface area contributed by atoms with Crippen LogP contribution in [-0.2, 0) is 9.59 Å². The lowest BCUT2D eigenvalue weighted by molar-refractivity contribution is -0.164. The predicted molar refractivity (Wildman–Crippen MR) is 303 cm³/mol. The van der Waals surface area contributed by atoms with Crippen LogP contribution >= 0.6 is 0 Å². The molecule has 1 N–H and O–H groups in total. The zero-order chi connectivity index (χ0) is 54.7. The van der Waals surface area contributed by atoms with Crippen molar-refractivity contribution in [1.29, 1.82) is 0 Å². The summed E-state index contributed by atoms with van der Waals surface area (Å²) in [5, 5.41) is 14.6. The molecular weight excluding hydrogens is 989 g/mol. The van der Waals surface area contributed by atoms with E-state index in [-0.39, 0.29) is 40.6 Å². The second kappa shape index (κ2) is 30.0. The fourth-order valence-electron chi connectivity index (χ4n) is 13.8. The molecule has 3 aromatic carbocycles. The Morgan fingerprint density at radius 3 is 1.59 bits per heavy atom. The number of fused-ring (bicyclic) bond motifs is 1. The molecule has 0 amide bonds. The minimum absolute atomic E-state index is 0.0337. The highest BCUT2D eigenvalue weighted by Gasteiger charge is 2.54. The van der Waals surface area contributed by atoms with Crippen molar-refractivity contribution in [3.8, 4) is 5.75 Å². The maximum atomic E-state index is 13.6. The van der Waals surface area contributed by atoms with Gasteiger partial charge in [-0.05, 0) is 149 Å². The Balaban J connectivity index is 0.000000530. The summed E-state index contributed by atoms with van der Waals surface area (Å²) in [6.45, 7) is 10.6. The molecule has 4 saturated carbocycles. The van der Waals surface area contributed by atoms with Gasteiger partial charge in [0.2, 0.25) is 0 Å². The number of Topliss-reactive ketones (excluding diaryl/α,β-unsaturated/α-hetero) is 2. The van der Waals surface area contributed by atoms with E-state index in [1.165, 1.54) is 121 Å². The van der Waals surface area contributed by atoms with E-state index in [0.29, 0.717) is 41.7 Å². The molecule has 1 aromatic heterocycles. The van der Waals surface area contributed by atoms with Crippen LogP contribution in [0.1, 0.15) is 188 Å². The van der Waals surface area contributed by atoms with Gasteiger partial charge in [0.05, 0.1) is 17.2 Å². The highest BCUT2D eigenvalue weighted by atomic mass is 19.1. The van der Waals surface area contributed by atoms with Gasteiger partial charge in [-0.3, -0.25) is 29.0 Å². The summed E-state index contributed by atoms with van der Waals surface area (Å²) < 4.78 is 38.3. The summed E-state index contributed by atoms with van der Waals surface area (Å²) >= 11 is 0. The number of piperazine rings is 2. The van der Waals surface area contributed by atoms with Crippen molar-refractivity contribution < 1.29 is 42.3 Å². The summed E-state index contributed by atoms with van der Waals surface area (Å²) in [5.41, 5.74) is 1.40. The molecule has 0 spiro atoms. The number of anilines is 1. The van der Waals surface area contributed by atoms with Gasteiger partial charge >= 0.3 is 11.9 Å². The van der Waals surface area contributed by atoms with Gasteiger partial charge in [0.15, 0.2) is 23.0 Å². The Hall–Kier alpha value is -5.05.